The lowest BCUT2D eigenvalue weighted by atomic mass is 10.1. The van der Waals surface area contributed by atoms with Crippen LogP contribution in [-0.2, 0) is 14.4 Å². The number of amides is 3. The lowest BCUT2D eigenvalue weighted by molar-refractivity contribution is -0.137. The molecule has 1 heterocycles. The molecule has 0 aromatic rings. The number of hydrogen-bond acceptors (Lipinski definition) is 4. The van der Waals surface area contributed by atoms with E-state index in [0.29, 0.717) is 12.8 Å². The Morgan fingerprint density at radius 2 is 2.31 bits per heavy atom. The first-order valence-electron chi connectivity index (χ1n) is 5.44. The third-order valence-corrected chi connectivity index (χ3v) is 2.49. The van der Waals surface area contributed by atoms with Gasteiger partial charge in [-0.25, -0.2) is 0 Å². The SMILES string of the molecule is CCC[C@@H](N)C(=O)NC1CCC(=O)NC1=O. The number of carbonyl (C=O) groups is 3. The summed E-state index contributed by atoms with van der Waals surface area (Å²) in [5.74, 6) is -1.09. The molecule has 6 nitrogen and oxygen atoms in total. The fraction of sp³-hybridized carbons (Fsp3) is 0.700. The van der Waals surface area contributed by atoms with Crippen molar-refractivity contribution in [3.8, 4) is 0 Å². The molecule has 0 spiro atoms. The standard InChI is InChI=1S/C10H17N3O3/c1-2-3-6(11)9(15)12-7-4-5-8(14)13-10(7)16/h6-7H,2-5,11H2,1H3,(H,12,15)(H,13,14,16)/t6-,7?/m1/s1. The Labute approximate surface area is 93.9 Å². The second kappa shape index (κ2) is 5.60. The maximum atomic E-state index is 11.5. The minimum absolute atomic E-state index is 0.250. The van der Waals surface area contributed by atoms with E-state index in [1.54, 1.807) is 0 Å². The second-order valence-electron chi connectivity index (χ2n) is 3.91. The van der Waals surface area contributed by atoms with Crippen molar-refractivity contribution in [3.63, 3.8) is 0 Å². The molecular weight excluding hydrogens is 210 g/mol. The van der Waals surface area contributed by atoms with Crippen molar-refractivity contribution in [2.24, 2.45) is 5.73 Å². The summed E-state index contributed by atoms with van der Waals surface area (Å²) in [5.41, 5.74) is 5.61. The fourth-order valence-electron chi connectivity index (χ4n) is 1.55. The van der Waals surface area contributed by atoms with Crippen LogP contribution in [0.1, 0.15) is 32.6 Å². The molecule has 1 saturated heterocycles. The zero-order valence-electron chi connectivity index (χ0n) is 9.29. The summed E-state index contributed by atoms with van der Waals surface area (Å²) < 4.78 is 0. The highest BCUT2D eigenvalue weighted by molar-refractivity contribution is 6.01. The van der Waals surface area contributed by atoms with Gasteiger partial charge in [-0.3, -0.25) is 19.7 Å². The van der Waals surface area contributed by atoms with Gasteiger partial charge >= 0.3 is 0 Å². The predicted molar refractivity (Wildman–Crippen MR) is 57.2 cm³/mol. The zero-order valence-corrected chi connectivity index (χ0v) is 9.29. The number of imide groups is 1. The van der Waals surface area contributed by atoms with E-state index in [1.165, 1.54) is 0 Å². The van der Waals surface area contributed by atoms with Crippen molar-refractivity contribution < 1.29 is 14.4 Å². The molecule has 1 aliphatic heterocycles. The van der Waals surface area contributed by atoms with E-state index in [-0.39, 0.29) is 18.2 Å². The molecule has 1 unspecified atom stereocenters. The van der Waals surface area contributed by atoms with Gasteiger partial charge in [0, 0.05) is 6.42 Å². The number of rotatable bonds is 4. The maximum Gasteiger partial charge on any atom is 0.249 e. The van der Waals surface area contributed by atoms with Crippen LogP contribution < -0.4 is 16.4 Å². The Kier molecular flexibility index (Phi) is 4.42. The molecule has 0 aliphatic carbocycles. The van der Waals surface area contributed by atoms with Crippen molar-refractivity contribution in [3.05, 3.63) is 0 Å². The second-order valence-corrected chi connectivity index (χ2v) is 3.91. The van der Waals surface area contributed by atoms with Gasteiger partial charge in [-0.1, -0.05) is 13.3 Å². The molecule has 16 heavy (non-hydrogen) atoms. The number of nitrogens with two attached hydrogens (primary N) is 1. The Morgan fingerprint density at radius 1 is 1.62 bits per heavy atom. The Bertz CT molecular complexity index is 304. The molecule has 0 bridgehead atoms. The monoisotopic (exact) mass is 227 g/mol. The van der Waals surface area contributed by atoms with E-state index in [9.17, 15) is 14.4 Å². The smallest absolute Gasteiger partial charge is 0.249 e. The minimum atomic E-state index is -0.631. The largest absolute Gasteiger partial charge is 0.343 e. The van der Waals surface area contributed by atoms with E-state index in [2.05, 4.69) is 10.6 Å². The van der Waals surface area contributed by atoms with Gasteiger partial charge in [0.15, 0.2) is 0 Å². The van der Waals surface area contributed by atoms with E-state index in [4.69, 9.17) is 5.73 Å². The molecule has 6 heteroatoms. The lowest BCUT2D eigenvalue weighted by Gasteiger charge is -2.23. The van der Waals surface area contributed by atoms with Crippen LogP contribution in [-0.4, -0.2) is 29.8 Å². The predicted octanol–water partition coefficient (Wildman–Crippen LogP) is -0.965. The number of nitrogens with one attached hydrogen (secondary N) is 2. The lowest BCUT2D eigenvalue weighted by Crippen LogP contribution is -2.55. The fourth-order valence-corrected chi connectivity index (χ4v) is 1.55. The molecule has 2 atom stereocenters. The molecule has 0 aromatic carbocycles. The highest BCUT2D eigenvalue weighted by Gasteiger charge is 2.28. The number of hydrogen-bond donors (Lipinski definition) is 3. The first-order valence-corrected chi connectivity index (χ1v) is 5.44. The molecule has 3 amide bonds. The molecular formula is C10H17N3O3. The first-order chi connectivity index (χ1) is 7.54. The molecule has 0 radical (unpaired) electrons. The quantitative estimate of drug-likeness (QED) is 0.538. The zero-order chi connectivity index (χ0) is 12.1. The van der Waals surface area contributed by atoms with Crippen LogP contribution in [0.15, 0.2) is 0 Å². The van der Waals surface area contributed by atoms with E-state index >= 15 is 0 Å². The minimum Gasteiger partial charge on any atom is -0.343 e. The van der Waals surface area contributed by atoms with Crippen LogP contribution in [0.3, 0.4) is 0 Å². The molecule has 1 fully saturated rings. The van der Waals surface area contributed by atoms with Crippen LogP contribution in [0.25, 0.3) is 0 Å². The highest BCUT2D eigenvalue weighted by atomic mass is 16.2. The first kappa shape index (κ1) is 12.6. The molecule has 0 saturated carbocycles. The van der Waals surface area contributed by atoms with Gasteiger partial charge in [0.25, 0.3) is 0 Å². The molecule has 1 rings (SSSR count). The van der Waals surface area contributed by atoms with Crippen LogP contribution in [0.2, 0.25) is 0 Å². The van der Waals surface area contributed by atoms with Gasteiger partial charge in [-0.05, 0) is 12.8 Å². The molecule has 1 aliphatic rings. The third-order valence-electron chi connectivity index (χ3n) is 2.49. The van der Waals surface area contributed by atoms with Gasteiger partial charge in [0.1, 0.15) is 6.04 Å². The molecule has 4 N–H and O–H groups in total. The topological polar surface area (TPSA) is 101 Å². The van der Waals surface area contributed by atoms with Gasteiger partial charge in [0.2, 0.25) is 17.7 Å². The van der Waals surface area contributed by atoms with Crippen LogP contribution in [0.4, 0.5) is 0 Å². The highest BCUT2D eigenvalue weighted by Crippen LogP contribution is 2.05. The molecule has 90 valence electrons. The van der Waals surface area contributed by atoms with Crippen molar-refractivity contribution in [1.29, 1.82) is 0 Å². The van der Waals surface area contributed by atoms with Crippen molar-refractivity contribution in [2.45, 2.75) is 44.7 Å². The van der Waals surface area contributed by atoms with Gasteiger partial charge in [0.05, 0.1) is 6.04 Å². The van der Waals surface area contributed by atoms with Crippen LogP contribution >= 0.6 is 0 Å². The van der Waals surface area contributed by atoms with Gasteiger partial charge in [-0.2, -0.15) is 0 Å². The van der Waals surface area contributed by atoms with E-state index in [0.717, 1.165) is 6.42 Å². The molecule has 0 aromatic heterocycles. The summed E-state index contributed by atoms with van der Waals surface area (Å²) in [5, 5.41) is 4.72. The maximum absolute atomic E-state index is 11.5. The van der Waals surface area contributed by atoms with E-state index in [1.807, 2.05) is 6.92 Å². The summed E-state index contributed by atoms with van der Waals surface area (Å²) in [6, 6.07) is -1.22. The van der Waals surface area contributed by atoms with Gasteiger partial charge in [-0.15, -0.1) is 0 Å². The normalized spacial score (nSPS) is 22.5. The number of piperidine rings is 1. The number of carbonyl (C=O) groups excluding carboxylic acids is 3. The van der Waals surface area contributed by atoms with E-state index < -0.39 is 18.0 Å². The third kappa shape index (κ3) is 3.30. The van der Waals surface area contributed by atoms with Gasteiger partial charge < -0.3 is 11.1 Å². The summed E-state index contributed by atoms with van der Waals surface area (Å²) in [6.45, 7) is 1.93. The van der Waals surface area contributed by atoms with Crippen LogP contribution in [0, 0.1) is 0 Å². The van der Waals surface area contributed by atoms with Crippen molar-refractivity contribution in [2.75, 3.05) is 0 Å². The summed E-state index contributed by atoms with van der Waals surface area (Å²) in [6.07, 6.45) is 1.98. The Morgan fingerprint density at radius 3 is 2.88 bits per heavy atom. The Hall–Kier alpha value is -1.43. The summed E-state index contributed by atoms with van der Waals surface area (Å²) in [7, 11) is 0. The van der Waals surface area contributed by atoms with Crippen LogP contribution in [0.5, 0.6) is 0 Å². The Balaban J connectivity index is 2.45. The van der Waals surface area contributed by atoms with Crippen molar-refractivity contribution >= 4 is 17.7 Å². The average Bonchev–Trinajstić information content (AvgIpc) is 2.22. The average molecular weight is 227 g/mol. The summed E-state index contributed by atoms with van der Waals surface area (Å²) >= 11 is 0. The van der Waals surface area contributed by atoms with Crippen molar-refractivity contribution in [1.82, 2.24) is 10.6 Å². The summed E-state index contributed by atoms with van der Waals surface area (Å²) in [4.78, 5) is 33.7.